The van der Waals surface area contributed by atoms with Crippen molar-refractivity contribution in [1.82, 2.24) is 14.5 Å². The number of unbranched alkanes of at least 4 members (excludes halogenated alkanes) is 2. The summed E-state index contributed by atoms with van der Waals surface area (Å²) >= 11 is 0. The Hall–Kier alpha value is -3.57. The monoisotopic (exact) mass is 509 g/mol. The summed E-state index contributed by atoms with van der Waals surface area (Å²) in [6.07, 6.45) is 4.55. The number of hydrogen-bond donors (Lipinski definition) is 0. The molecular formula is C33H39N3O2. The number of benzene rings is 3. The third-order valence-corrected chi connectivity index (χ3v) is 7.39. The van der Waals surface area contributed by atoms with E-state index in [1.54, 1.807) is 0 Å². The maximum Gasteiger partial charge on any atom is 0.231 e. The Labute approximate surface area is 227 Å². The largest absolute Gasteiger partial charge is 0.454 e. The van der Waals surface area contributed by atoms with Crippen LogP contribution in [-0.4, -0.2) is 27.8 Å². The average Bonchev–Trinajstić information content (AvgIpc) is 3.59. The van der Waals surface area contributed by atoms with Gasteiger partial charge in [-0.15, -0.1) is 0 Å². The lowest BCUT2D eigenvalue weighted by atomic mass is 10.0. The minimum absolute atomic E-state index is 0.170. The quantitative estimate of drug-likeness (QED) is 0.193. The van der Waals surface area contributed by atoms with E-state index >= 15 is 0 Å². The molecule has 5 nitrogen and oxygen atoms in total. The molecule has 0 saturated heterocycles. The van der Waals surface area contributed by atoms with Crippen molar-refractivity contribution in [3.63, 3.8) is 0 Å². The summed E-state index contributed by atoms with van der Waals surface area (Å²) < 4.78 is 13.7. The van der Waals surface area contributed by atoms with Crippen LogP contribution in [-0.2, 0) is 13.1 Å². The summed E-state index contributed by atoms with van der Waals surface area (Å²) in [4.78, 5) is 7.94. The Kier molecular flexibility index (Phi) is 8.44. The second kappa shape index (κ2) is 12.3. The number of fused-ring (bicyclic) bond motifs is 1. The first-order chi connectivity index (χ1) is 18.7. The van der Waals surface area contributed by atoms with Crippen LogP contribution in [0.1, 0.15) is 63.8 Å². The van der Waals surface area contributed by atoms with Crippen molar-refractivity contribution in [2.45, 2.75) is 65.6 Å². The summed E-state index contributed by atoms with van der Waals surface area (Å²) in [5, 5.41) is 0. The van der Waals surface area contributed by atoms with Gasteiger partial charge >= 0.3 is 0 Å². The van der Waals surface area contributed by atoms with E-state index in [1.807, 2.05) is 6.07 Å². The van der Waals surface area contributed by atoms with Gasteiger partial charge in [0.2, 0.25) is 6.79 Å². The Bertz CT molecular complexity index is 1320. The van der Waals surface area contributed by atoms with Crippen molar-refractivity contribution < 1.29 is 9.47 Å². The van der Waals surface area contributed by atoms with Crippen LogP contribution >= 0.6 is 0 Å². The van der Waals surface area contributed by atoms with Crippen LogP contribution in [0.2, 0.25) is 0 Å². The molecule has 5 heteroatoms. The molecule has 0 aliphatic carbocycles. The van der Waals surface area contributed by atoms with Gasteiger partial charge in [-0.3, -0.25) is 4.90 Å². The molecule has 0 radical (unpaired) electrons. The molecule has 2 heterocycles. The summed E-state index contributed by atoms with van der Waals surface area (Å²) in [7, 11) is 0. The second-order valence-corrected chi connectivity index (χ2v) is 10.1. The topological polar surface area (TPSA) is 39.5 Å². The van der Waals surface area contributed by atoms with Crippen LogP contribution in [0.15, 0.2) is 78.9 Å². The highest BCUT2D eigenvalue weighted by Gasteiger charge is 2.27. The maximum absolute atomic E-state index is 5.68. The predicted molar refractivity (Wildman–Crippen MR) is 154 cm³/mol. The first-order valence-electron chi connectivity index (χ1n) is 14.0. The molecule has 5 rings (SSSR count). The lowest BCUT2D eigenvalue weighted by Crippen LogP contribution is -2.30. The predicted octanol–water partition coefficient (Wildman–Crippen LogP) is 8.11. The lowest BCUT2D eigenvalue weighted by molar-refractivity contribution is 0.173. The van der Waals surface area contributed by atoms with Crippen LogP contribution in [0, 0.1) is 0 Å². The van der Waals surface area contributed by atoms with Crippen molar-refractivity contribution in [3.05, 3.63) is 90.1 Å². The molecule has 0 amide bonds. The van der Waals surface area contributed by atoms with E-state index in [0.29, 0.717) is 6.79 Å². The third-order valence-electron chi connectivity index (χ3n) is 7.39. The van der Waals surface area contributed by atoms with E-state index in [4.69, 9.17) is 14.5 Å². The van der Waals surface area contributed by atoms with E-state index < -0.39 is 0 Å². The molecule has 4 aromatic rings. The fourth-order valence-corrected chi connectivity index (χ4v) is 5.27. The van der Waals surface area contributed by atoms with Crippen LogP contribution in [0.3, 0.4) is 0 Å². The summed E-state index contributed by atoms with van der Waals surface area (Å²) in [6, 6.07) is 27.8. The number of hydrogen-bond acceptors (Lipinski definition) is 4. The first kappa shape index (κ1) is 26.1. The molecule has 1 aromatic heterocycles. The standard InChI is InChI=1S/C33H39N3O2/c1-4-6-20-35(23-26-18-19-29-30(22-26)38-24-37-29)25(3)32-31(27-14-10-8-11-15-27)34-33(36(32)21-7-5-2)28-16-12-9-13-17-28/h8-19,22,25H,4-7,20-21,23-24H2,1-3H3/t25-/m1/s1. The highest BCUT2D eigenvalue weighted by Crippen LogP contribution is 2.38. The maximum atomic E-state index is 5.68. The minimum Gasteiger partial charge on any atom is -0.454 e. The van der Waals surface area contributed by atoms with E-state index in [1.165, 1.54) is 16.8 Å². The molecule has 0 unspecified atom stereocenters. The molecule has 38 heavy (non-hydrogen) atoms. The van der Waals surface area contributed by atoms with E-state index in [9.17, 15) is 0 Å². The zero-order chi connectivity index (χ0) is 26.3. The van der Waals surface area contributed by atoms with Gasteiger partial charge in [0, 0.05) is 30.3 Å². The van der Waals surface area contributed by atoms with E-state index in [-0.39, 0.29) is 6.04 Å². The number of rotatable bonds is 12. The molecule has 0 bridgehead atoms. The number of ether oxygens (including phenoxy) is 2. The Balaban J connectivity index is 1.60. The second-order valence-electron chi connectivity index (χ2n) is 10.1. The minimum atomic E-state index is 0.170. The molecular weight excluding hydrogens is 470 g/mol. The fraction of sp³-hybridized carbons (Fsp3) is 0.364. The SMILES string of the molecule is CCCCN(Cc1ccc2c(c1)OCO2)[C@H](C)c1c(-c2ccccc2)nc(-c2ccccc2)n1CCCC. The van der Waals surface area contributed by atoms with Crippen molar-refractivity contribution in [2.24, 2.45) is 0 Å². The summed E-state index contributed by atoms with van der Waals surface area (Å²) in [5.41, 5.74) is 5.94. The van der Waals surface area contributed by atoms with Gasteiger partial charge in [0.1, 0.15) is 5.82 Å². The summed E-state index contributed by atoms with van der Waals surface area (Å²) in [5.74, 6) is 2.73. The zero-order valence-corrected chi connectivity index (χ0v) is 22.9. The molecule has 0 spiro atoms. The van der Waals surface area contributed by atoms with E-state index in [2.05, 4.69) is 103 Å². The molecule has 1 atom stereocenters. The highest BCUT2D eigenvalue weighted by molar-refractivity contribution is 5.69. The van der Waals surface area contributed by atoms with E-state index in [0.717, 1.165) is 73.9 Å². The third kappa shape index (κ3) is 5.63. The van der Waals surface area contributed by atoms with Crippen molar-refractivity contribution in [3.8, 4) is 34.1 Å². The van der Waals surface area contributed by atoms with Gasteiger partial charge in [0.25, 0.3) is 0 Å². The Morgan fingerprint density at radius 3 is 2.24 bits per heavy atom. The van der Waals surface area contributed by atoms with Crippen molar-refractivity contribution >= 4 is 0 Å². The first-order valence-corrected chi connectivity index (χ1v) is 14.0. The van der Waals surface area contributed by atoms with Gasteiger partial charge in [0.15, 0.2) is 11.5 Å². The van der Waals surface area contributed by atoms with Gasteiger partial charge in [-0.25, -0.2) is 4.98 Å². The Morgan fingerprint density at radius 2 is 1.53 bits per heavy atom. The molecule has 1 aliphatic rings. The normalized spacial score (nSPS) is 13.3. The van der Waals surface area contributed by atoms with Crippen molar-refractivity contribution in [1.29, 1.82) is 0 Å². The molecule has 1 aliphatic heterocycles. The smallest absolute Gasteiger partial charge is 0.231 e. The van der Waals surface area contributed by atoms with Crippen LogP contribution in [0.4, 0.5) is 0 Å². The van der Waals surface area contributed by atoms with Crippen LogP contribution < -0.4 is 9.47 Å². The van der Waals surface area contributed by atoms with Crippen molar-refractivity contribution in [2.75, 3.05) is 13.3 Å². The highest BCUT2D eigenvalue weighted by atomic mass is 16.7. The molecule has 198 valence electrons. The van der Waals surface area contributed by atoms with Gasteiger partial charge in [-0.2, -0.15) is 0 Å². The number of aromatic nitrogens is 2. The fourth-order valence-electron chi connectivity index (χ4n) is 5.27. The van der Waals surface area contributed by atoms with Gasteiger partial charge < -0.3 is 14.0 Å². The van der Waals surface area contributed by atoms with Crippen LogP contribution in [0.5, 0.6) is 11.5 Å². The van der Waals surface area contributed by atoms with Crippen LogP contribution in [0.25, 0.3) is 22.6 Å². The zero-order valence-electron chi connectivity index (χ0n) is 22.9. The lowest BCUT2D eigenvalue weighted by Gasteiger charge is -2.31. The molecule has 0 N–H and O–H groups in total. The Morgan fingerprint density at radius 1 is 0.842 bits per heavy atom. The molecule has 0 fully saturated rings. The number of nitrogens with zero attached hydrogens (tertiary/aromatic N) is 3. The number of imidazole rings is 1. The van der Waals surface area contributed by atoms with Gasteiger partial charge in [0.05, 0.1) is 11.4 Å². The van der Waals surface area contributed by atoms with Gasteiger partial charge in [-0.1, -0.05) is 93.4 Å². The molecule has 3 aromatic carbocycles. The molecule has 0 saturated carbocycles. The average molecular weight is 510 g/mol. The summed E-state index contributed by atoms with van der Waals surface area (Å²) in [6.45, 7) is 9.97. The van der Waals surface area contributed by atoms with Gasteiger partial charge in [-0.05, 0) is 44.0 Å².